The summed E-state index contributed by atoms with van der Waals surface area (Å²) in [4.78, 5) is 2.53. The number of rotatable bonds is 7. The van der Waals surface area contributed by atoms with E-state index >= 15 is 0 Å². The minimum atomic E-state index is 0.326. The first kappa shape index (κ1) is 16.3. The van der Waals surface area contributed by atoms with Gasteiger partial charge >= 0.3 is 0 Å². The van der Waals surface area contributed by atoms with Crippen molar-refractivity contribution in [1.29, 1.82) is 0 Å². The fraction of sp³-hybridized carbons (Fsp3) is 0.667. The van der Waals surface area contributed by atoms with Crippen LogP contribution in [-0.4, -0.2) is 31.1 Å². The highest BCUT2D eigenvalue weighted by Crippen LogP contribution is 2.28. The summed E-state index contributed by atoms with van der Waals surface area (Å²) in [6, 6.07) is 8.82. The number of nitrogens with zero attached hydrogens (tertiary/aromatic N) is 1. The van der Waals surface area contributed by atoms with Gasteiger partial charge in [-0.3, -0.25) is 4.90 Å². The number of ether oxygens (including phenoxy) is 1. The van der Waals surface area contributed by atoms with Gasteiger partial charge in [0.1, 0.15) is 5.75 Å². The van der Waals surface area contributed by atoms with Crippen molar-refractivity contribution in [2.24, 2.45) is 11.7 Å². The Hall–Kier alpha value is -1.06. The molecule has 1 aliphatic rings. The van der Waals surface area contributed by atoms with Crippen molar-refractivity contribution in [1.82, 2.24) is 4.90 Å². The van der Waals surface area contributed by atoms with Crippen LogP contribution in [0.4, 0.5) is 0 Å². The van der Waals surface area contributed by atoms with Crippen molar-refractivity contribution in [2.75, 3.05) is 26.2 Å². The van der Waals surface area contributed by atoms with Crippen molar-refractivity contribution in [3.63, 3.8) is 0 Å². The van der Waals surface area contributed by atoms with Gasteiger partial charge in [-0.2, -0.15) is 0 Å². The first-order valence-electron chi connectivity index (χ1n) is 8.41. The molecule has 21 heavy (non-hydrogen) atoms. The number of unbranched alkanes of at least 4 members (excludes halogenated alkanes) is 1. The summed E-state index contributed by atoms with van der Waals surface area (Å²) in [6.45, 7) is 8.31. The molecule has 1 heterocycles. The van der Waals surface area contributed by atoms with Crippen LogP contribution in [0.15, 0.2) is 24.3 Å². The van der Waals surface area contributed by atoms with Crippen LogP contribution < -0.4 is 10.5 Å². The lowest BCUT2D eigenvalue weighted by atomic mass is 9.96. The Balaban J connectivity index is 2.02. The van der Waals surface area contributed by atoms with Crippen LogP contribution in [0.25, 0.3) is 0 Å². The topological polar surface area (TPSA) is 38.5 Å². The molecular formula is C18H30N2O. The number of hydrogen-bond donors (Lipinski definition) is 1. The van der Waals surface area contributed by atoms with Crippen LogP contribution in [0, 0.1) is 5.92 Å². The highest BCUT2D eigenvalue weighted by Gasteiger charge is 2.23. The Labute approximate surface area is 129 Å². The van der Waals surface area contributed by atoms with Gasteiger partial charge in [0.2, 0.25) is 0 Å². The average Bonchev–Trinajstić information content (AvgIpc) is 2.51. The zero-order chi connectivity index (χ0) is 15.1. The van der Waals surface area contributed by atoms with Crippen molar-refractivity contribution >= 4 is 0 Å². The predicted octanol–water partition coefficient (Wildman–Crippen LogP) is 3.60. The molecule has 2 rings (SSSR count). The third kappa shape index (κ3) is 4.72. The summed E-state index contributed by atoms with van der Waals surface area (Å²) in [6.07, 6.45) is 4.83. The minimum Gasteiger partial charge on any atom is -0.494 e. The molecule has 0 aromatic heterocycles. The molecule has 1 fully saturated rings. The van der Waals surface area contributed by atoms with Gasteiger partial charge in [-0.05, 0) is 56.0 Å². The van der Waals surface area contributed by atoms with Crippen LogP contribution >= 0.6 is 0 Å². The van der Waals surface area contributed by atoms with Gasteiger partial charge in [0, 0.05) is 12.6 Å². The molecule has 0 radical (unpaired) electrons. The van der Waals surface area contributed by atoms with E-state index in [1.165, 1.54) is 18.4 Å². The maximum Gasteiger partial charge on any atom is 0.119 e. The number of nitrogens with two attached hydrogens (primary N) is 1. The predicted molar refractivity (Wildman–Crippen MR) is 88.6 cm³/mol. The van der Waals surface area contributed by atoms with E-state index in [1.54, 1.807) is 0 Å². The number of piperidine rings is 1. The largest absolute Gasteiger partial charge is 0.494 e. The maximum atomic E-state index is 6.06. The monoisotopic (exact) mass is 290 g/mol. The number of hydrogen-bond acceptors (Lipinski definition) is 3. The Kier molecular flexibility index (Phi) is 6.52. The average molecular weight is 290 g/mol. The quantitative estimate of drug-likeness (QED) is 0.780. The molecule has 0 amide bonds. The summed E-state index contributed by atoms with van der Waals surface area (Å²) < 4.78 is 5.83. The molecule has 1 aromatic rings. The van der Waals surface area contributed by atoms with Gasteiger partial charge in [-0.15, -0.1) is 0 Å². The smallest absolute Gasteiger partial charge is 0.119 e. The normalized spacial score (nSPS) is 18.6. The highest BCUT2D eigenvalue weighted by atomic mass is 16.5. The molecule has 0 saturated carbocycles. The molecule has 118 valence electrons. The van der Waals surface area contributed by atoms with E-state index < -0.39 is 0 Å². The molecule has 3 heteroatoms. The summed E-state index contributed by atoms with van der Waals surface area (Å²) in [5.41, 5.74) is 7.35. The second-order valence-corrected chi connectivity index (χ2v) is 6.24. The van der Waals surface area contributed by atoms with Crippen LogP contribution in [0.1, 0.15) is 51.1 Å². The summed E-state index contributed by atoms with van der Waals surface area (Å²) in [5.74, 6) is 1.83. The summed E-state index contributed by atoms with van der Waals surface area (Å²) in [7, 11) is 0. The SMILES string of the molecule is CCCCOc1cccc(C(CN)N2CCC(C)CC2)c1. The van der Waals surface area contributed by atoms with E-state index in [9.17, 15) is 0 Å². The minimum absolute atomic E-state index is 0.326. The maximum absolute atomic E-state index is 6.06. The second kappa shape index (κ2) is 8.40. The lowest BCUT2D eigenvalue weighted by molar-refractivity contribution is 0.141. The Morgan fingerprint density at radius 2 is 2.10 bits per heavy atom. The number of likely N-dealkylation sites (tertiary alicyclic amines) is 1. The van der Waals surface area contributed by atoms with Gasteiger partial charge in [-0.25, -0.2) is 0 Å². The van der Waals surface area contributed by atoms with Gasteiger partial charge in [0.15, 0.2) is 0 Å². The van der Waals surface area contributed by atoms with Crippen LogP contribution in [0.5, 0.6) is 5.75 Å². The molecule has 1 aromatic carbocycles. The zero-order valence-corrected chi connectivity index (χ0v) is 13.6. The van der Waals surface area contributed by atoms with Gasteiger partial charge in [-0.1, -0.05) is 32.4 Å². The van der Waals surface area contributed by atoms with E-state index in [-0.39, 0.29) is 0 Å². The molecule has 1 aliphatic heterocycles. The molecule has 1 atom stereocenters. The zero-order valence-electron chi connectivity index (χ0n) is 13.6. The molecule has 1 saturated heterocycles. The fourth-order valence-corrected chi connectivity index (χ4v) is 2.98. The van der Waals surface area contributed by atoms with Gasteiger partial charge in [0.25, 0.3) is 0 Å². The Bertz CT molecular complexity index is 413. The van der Waals surface area contributed by atoms with E-state index in [0.717, 1.165) is 44.2 Å². The lowest BCUT2D eigenvalue weighted by Gasteiger charge is -2.36. The van der Waals surface area contributed by atoms with Crippen molar-refractivity contribution in [3.05, 3.63) is 29.8 Å². The van der Waals surface area contributed by atoms with E-state index in [2.05, 4.69) is 36.9 Å². The van der Waals surface area contributed by atoms with Crippen molar-refractivity contribution < 1.29 is 4.74 Å². The third-order valence-electron chi connectivity index (χ3n) is 4.49. The third-order valence-corrected chi connectivity index (χ3v) is 4.49. The molecule has 0 bridgehead atoms. The lowest BCUT2D eigenvalue weighted by Crippen LogP contribution is -2.39. The number of benzene rings is 1. The van der Waals surface area contributed by atoms with E-state index in [1.807, 2.05) is 6.07 Å². The molecule has 3 nitrogen and oxygen atoms in total. The van der Waals surface area contributed by atoms with Crippen LogP contribution in [0.3, 0.4) is 0 Å². The first-order valence-corrected chi connectivity index (χ1v) is 8.41. The second-order valence-electron chi connectivity index (χ2n) is 6.24. The van der Waals surface area contributed by atoms with Crippen LogP contribution in [-0.2, 0) is 0 Å². The van der Waals surface area contributed by atoms with E-state index in [4.69, 9.17) is 10.5 Å². The first-order chi connectivity index (χ1) is 10.2. The summed E-state index contributed by atoms with van der Waals surface area (Å²) in [5, 5.41) is 0. The fourth-order valence-electron chi connectivity index (χ4n) is 2.98. The highest BCUT2D eigenvalue weighted by molar-refractivity contribution is 5.31. The van der Waals surface area contributed by atoms with Gasteiger partial charge in [0.05, 0.1) is 6.61 Å². The van der Waals surface area contributed by atoms with Crippen LogP contribution in [0.2, 0.25) is 0 Å². The molecule has 0 aliphatic carbocycles. The Morgan fingerprint density at radius 1 is 1.33 bits per heavy atom. The van der Waals surface area contributed by atoms with Crippen molar-refractivity contribution in [2.45, 2.75) is 45.6 Å². The molecule has 0 spiro atoms. The van der Waals surface area contributed by atoms with E-state index in [0.29, 0.717) is 12.6 Å². The van der Waals surface area contributed by atoms with Crippen molar-refractivity contribution in [3.8, 4) is 5.75 Å². The molecule has 1 unspecified atom stereocenters. The molecular weight excluding hydrogens is 260 g/mol. The van der Waals surface area contributed by atoms with Gasteiger partial charge < -0.3 is 10.5 Å². The summed E-state index contributed by atoms with van der Waals surface area (Å²) >= 11 is 0. The Morgan fingerprint density at radius 3 is 2.76 bits per heavy atom. The standard InChI is InChI=1S/C18H30N2O/c1-3-4-12-21-17-7-5-6-16(13-17)18(14-19)20-10-8-15(2)9-11-20/h5-7,13,15,18H,3-4,8-12,14,19H2,1-2H3. The molecule has 2 N–H and O–H groups in total.